The van der Waals surface area contributed by atoms with Gasteiger partial charge in [-0.05, 0) is 32.7 Å². The molecule has 3 rings (SSSR count). The molecule has 0 aromatic rings. The summed E-state index contributed by atoms with van der Waals surface area (Å²) in [4.78, 5) is 15.7. The van der Waals surface area contributed by atoms with Crippen LogP contribution in [0.5, 0.6) is 0 Å². The van der Waals surface area contributed by atoms with Crippen LogP contribution >= 0.6 is 0 Å². The fourth-order valence-electron chi connectivity index (χ4n) is 4.02. The van der Waals surface area contributed by atoms with Crippen LogP contribution in [0.3, 0.4) is 0 Å². The average molecular weight is 268 g/mol. The molecule has 3 fully saturated rings. The molecule has 5 heteroatoms. The summed E-state index contributed by atoms with van der Waals surface area (Å²) in [6.45, 7) is 6.12. The number of carboxylic acids is 1. The highest BCUT2D eigenvalue weighted by atomic mass is 16.5. The van der Waals surface area contributed by atoms with Crippen LogP contribution < -0.4 is 0 Å². The Labute approximate surface area is 114 Å². The standard InChI is InChI=1S/C14H24N2O3/c1-14(19-8-13(17)18)9-16(10-14)12-5-7-15-6-3-2-4-11(12)15/h11-12H,2-10H2,1H3,(H,17,18). The first-order chi connectivity index (χ1) is 9.07. The molecule has 0 radical (unpaired) electrons. The van der Waals surface area contributed by atoms with Crippen LogP contribution in [0, 0.1) is 0 Å². The van der Waals surface area contributed by atoms with Crippen LogP contribution in [0.4, 0.5) is 0 Å². The van der Waals surface area contributed by atoms with E-state index in [-0.39, 0.29) is 12.2 Å². The van der Waals surface area contributed by atoms with Gasteiger partial charge in [-0.2, -0.15) is 0 Å². The Kier molecular flexibility index (Phi) is 3.53. The summed E-state index contributed by atoms with van der Waals surface area (Å²) in [6.07, 6.45) is 5.30. The summed E-state index contributed by atoms with van der Waals surface area (Å²) >= 11 is 0. The number of hydrogen-bond donors (Lipinski definition) is 1. The van der Waals surface area contributed by atoms with Gasteiger partial charge in [-0.15, -0.1) is 0 Å². The van der Waals surface area contributed by atoms with Crippen molar-refractivity contribution in [1.29, 1.82) is 0 Å². The van der Waals surface area contributed by atoms with Gasteiger partial charge in [0.05, 0.1) is 5.60 Å². The first-order valence-corrected chi connectivity index (χ1v) is 7.41. The minimum absolute atomic E-state index is 0.176. The molecule has 108 valence electrons. The van der Waals surface area contributed by atoms with Crippen molar-refractivity contribution >= 4 is 5.97 Å². The SMILES string of the molecule is CC1(OCC(=O)O)CN(C2CCN3CCCCC23)C1. The number of hydrogen-bond acceptors (Lipinski definition) is 4. The van der Waals surface area contributed by atoms with Crippen molar-refractivity contribution in [2.24, 2.45) is 0 Å². The Balaban J connectivity index is 1.51. The highest BCUT2D eigenvalue weighted by molar-refractivity contribution is 5.68. The lowest BCUT2D eigenvalue weighted by molar-refractivity contribution is -0.171. The quantitative estimate of drug-likeness (QED) is 0.817. The van der Waals surface area contributed by atoms with Crippen molar-refractivity contribution in [3.05, 3.63) is 0 Å². The number of carbonyl (C=O) groups is 1. The number of likely N-dealkylation sites (tertiary alicyclic amines) is 1. The Morgan fingerprint density at radius 2 is 1.95 bits per heavy atom. The van der Waals surface area contributed by atoms with E-state index in [2.05, 4.69) is 9.80 Å². The zero-order valence-electron chi connectivity index (χ0n) is 11.7. The van der Waals surface area contributed by atoms with Crippen molar-refractivity contribution in [3.8, 4) is 0 Å². The molecule has 0 spiro atoms. The van der Waals surface area contributed by atoms with Crippen molar-refractivity contribution in [2.75, 3.05) is 32.8 Å². The van der Waals surface area contributed by atoms with E-state index in [4.69, 9.17) is 9.84 Å². The van der Waals surface area contributed by atoms with Crippen LogP contribution in [0.1, 0.15) is 32.6 Å². The topological polar surface area (TPSA) is 53.0 Å². The summed E-state index contributed by atoms with van der Waals surface area (Å²) in [5.74, 6) is -0.876. The maximum Gasteiger partial charge on any atom is 0.329 e. The molecule has 0 amide bonds. The van der Waals surface area contributed by atoms with Gasteiger partial charge in [-0.25, -0.2) is 4.79 Å². The Morgan fingerprint density at radius 1 is 1.21 bits per heavy atom. The lowest BCUT2D eigenvalue weighted by atomic mass is 9.89. The molecule has 3 aliphatic rings. The van der Waals surface area contributed by atoms with Crippen LogP contribution in [-0.2, 0) is 9.53 Å². The number of nitrogens with zero attached hydrogens (tertiary/aromatic N) is 2. The van der Waals surface area contributed by atoms with Gasteiger partial charge in [0.15, 0.2) is 0 Å². The van der Waals surface area contributed by atoms with E-state index in [9.17, 15) is 4.79 Å². The fourth-order valence-corrected chi connectivity index (χ4v) is 4.02. The second-order valence-electron chi connectivity index (χ2n) is 6.49. The molecule has 2 unspecified atom stereocenters. The Hall–Kier alpha value is -0.650. The van der Waals surface area contributed by atoms with Gasteiger partial charge >= 0.3 is 5.97 Å². The molecular weight excluding hydrogens is 244 g/mol. The molecule has 0 bridgehead atoms. The van der Waals surface area contributed by atoms with Gasteiger partial charge in [0, 0.05) is 31.7 Å². The lowest BCUT2D eigenvalue weighted by Gasteiger charge is -2.52. The number of fused-ring (bicyclic) bond motifs is 1. The Morgan fingerprint density at radius 3 is 2.68 bits per heavy atom. The zero-order chi connectivity index (χ0) is 13.5. The molecule has 3 saturated heterocycles. The first kappa shape index (κ1) is 13.3. The monoisotopic (exact) mass is 268 g/mol. The number of carboxylic acid groups (broad SMARTS) is 1. The Bertz CT molecular complexity index is 355. The maximum absolute atomic E-state index is 10.6. The minimum Gasteiger partial charge on any atom is -0.480 e. The predicted molar refractivity (Wildman–Crippen MR) is 71.2 cm³/mol. The van der Waals surface area contributed by atoms with Gasteiger partial charge in [0.25, 0.3) is 0 Å². The van der Waals surface area contributed by atoms with E-state index in [0.717, 1.165) is 19.1 Å². The van der Waals surface area contributed by atoms with Gasteiger partial charge in [0.1, 0.15) is 6.61 Å². The summed E-state index contributed by atoms with van der Waals surface area (Å²) in [6, 6.07) is 1.40. The van der Waals surface area contributed by atoms with Crippen molar-refractivity contribution in [1.82, 2.24) is 9.80 Å². The molecule has 1 N–H and O–H groups in total. The number of ether oxygens (including phenoxy) is 1. The van der Waals surface area contributed by atoms with Gasteiger partial charge < -0.3 is 9.84 Å². The lowest BCUT2D eigenvalue weighted by Crippen LogP contribution is -2.66. The van der Waals surface area contributed by atoms with Gasteiger partial charge in [-0.3, -0.25) is 9.80 Å². The molecule has 2 atom stereocenters. The number of piperidine rings is 1. The second kappa shape index (κ2) is 5.04. The summed E-state index contributed by atoms with van der Waals surface area (Å²) < 4.78 is 5.50. The summed E-state index contributed by atoms with van der Waals surface area (Å²) in [5.41, 5.74) is -0.250. The largest absolute Gasteiger partial charge is 0.480 e. The molecule has 19 heavy (non-hydrogen) atoms. The van der Waals surface area contributed by atoms with E-state index in [0.29, 0.717) is 6.04 Å². The van der Waals surface area contributed by atoms with Crippen molar-refractivity contribution < 1.29 is 14.6 Å². The van der Waals surface area contributed by atoms with Crippen LogP contribution in [0.2, 0.25) is 0 Å². The van der Waals surface area contributed by atoms with Crippen molar-refractivity contribution in [2.45, 2.75) is 50.3 Å². The maximum atomic E-state index is 10.6. The zero-order valence-corrected chi connectivity index (χ0v) is 11.7. The summed E-state index contributed by atoms with van der Waals surface area (Å²) in [5, 5.41) is 8.68. The molecule has 3 heterocycles. The smallest absolute Gasteiger partial charge is 0.329 e. The molecule has 3 aliphatic heterocycles. The van der Waals surface area contributed by atoms with Crippen molar-refractivity contribution in [3.63, 3.8) is 0 Å². The van der Waals surface area contributed by atoms with Crippen LogP contribution in [0.15, 0.2) is 0 Å². The fraction of sp³-hybridized carbons (Fsp3) is 0.929. The third kappa shape index (κ3) is 2.64. The van der Waals surface area contributed by atoms with E-state index in [1.807, 2.05) is 6.92 Å². The molecule has 0 saturated carbocycles. The average Bonchev–Trinajstić information content (AvgIpc) is 2.76. The predicted octanol–water partition coefficient (Wildman–Crippen LogP) is 0.789. The third-order valence-corrected chi connectivity index (χ3v) is 4.91. The minimum atomic E-state index is -0.876. The van der Waals surface area contributed by atoms with E-state index in [1.54, 1.807) is 0 Å². The molecular formula is C14H24N2O3. The molecule has 0 aliphatic carbocycles. The van der Waals surface area contributed by atoms with Gasteiger partial charge in [-0.1, -0.05) is 6.42 Å². The molecule has 5 nitrogen and oxygen atoms in total. The molecule has 0 aromatic carbocycles. The van der Waals surface area contributed by atoms with Gasteiger partial charge in [0.2, 0.25) is 0 Å². The van der Waals surface area contributed by atoms with E-state index < -0.39 is 5.97 Å². The highest BCUT2D eigenvalue weighted by Gasteiger charge is 2.48. The number of aliphatic carboxylic acids is 1. The summed E-state index contributed by atoms with van der Waals surface area (Å²) in [7, 11) is 0. The van der Waals surface area contributed by atoms with E-state index in [1.165, 1.54) is 38.8 Å². The highest BCUT2D eigenvalue weighted by Crippen LogP contribution is 2.36. The number of rotatable bonds is 4. The first-order valence-electron chi connectivity index (χ1n) is 7.41. The van der Waals surface area contributed by atoms with Crippen LogP contribution in [0.25, 0.3) is 0 Å². The van der Waals surface area contributed by atoms with E-state index >= 15 is 0 Å². The third-order valence-electron chi connectivity index (χ3n) is 4.91. The molecule has 0 aromatic heterocycles. The van der Waals surface area contributed by atoms with Crippen LogP contribution in [-0.4, -0.2) is 71.3 Å². The second-order valence-corrected chi connectivity index (χ2v) is 6.49. The normalized spacial score (nSPS) is 34.8.